The van der Waals surface area contributed by atoms with Crippen molar-refractivity contribution in [3.8, 4) is 0 Å². The molecule has 2 aromatic rings. The first kappa shape index (κ1) is 9.92. The van der Waals surface area contributed by atoms with Crippen LogP contribution in [0.4, 0.5) is 0 Å². The zero-order valence-corrected chi connectivity index (χ0v) is 8.94. The normalized spacial score (nSPS) is 12.9. The lowest BCUT2D eigenvalue weighted by molar-refractivity contribution is 0.563. The zero-order valence-electron chi connectivity index (χ0n) is 8.94. The average Bonchev–Trinajstić information content (AvgIpc) is 2.85. The predicted molar refractivity (Wildman–Crippen MR) is 57.3 cm³/mol. The van der Waals surface area contributed by atoms with Gasteiger partial charge in [0.05, 0.1) is 5.69 Å². The molecule has 0 amide bonds. The van der Waals surface area contributed by atoms with Crippen molar-refractivity contribution in [1.29, 1.82) is 0 Å². The van der Waals surface area contributed by atoms with Crippen LogP contribution in [0.5, 0.6) is 0 Å². The highest BCUT2D eigenvalue weighted by molar-refractivity contribution is 5.16. The second kappa shape index (κ2) is 4.27. The lowest BCUT2D eigenvalue weighted by Crippen LogP contribution is -2.25. The fourth-order valence-electron chi connectivity index (χ4n) is 1.63. The van der Waals surface area contributed by atoms with Gasteiger partial charge in [0, 0.05) is 25.6 Å². The summed E-state index contributed by atoms with van der Waals surface area (Å²) in [6.45, 7) is 2.96. The van der Waals surface area contributed by atoms with Crippen molar-refractivity contribution >= 4 is 0 Å². The molecule has 2 rings (SSSR count). The fraction of sp³-hybridized carbons (Fsp3) is 0.400. The van der Waals surface area contributed by atoms with E-state index in [2.05, 4.69) is 27.4 Å². The van der Waals surface area contributed by atoms with E-state index < -0.39 is 0 Å². The zero-order chi connectivity index (χ0) is 10.7. The van der Waals surface area contributed by atoms with Crippen molar-refractivity contribution in [3.05, 3.63) is 36.2 Å². The second-order valence-electron chi connectivity index (χ2n) is 3.40. The number of nitrogens with zero attached hydrogens (tertiary/aromatic N) is 3. The molecular weight excluding hydrogens is 190 g/mol. The van der Waals surface area contributed by atoms with E-state index in [9.17, 15) is 0 Å². The standard InChI is InChI=1S/C10H15N5/c1-3-11-9(8-4-5-13-14-8)10-12-6-7-15(10)2/h4-7,9,11H,3H2,1-2H3,(H,13,14). The third-order valence-corrected chi connectivity index (χ3v) is 2.36. The molecule has 0 saturated carbocycles. The van der Waals surface area contributed by atoms with Gasteiger partial charge in [-0.3, -0.25) is 5.10 Å². The van der Waals surface area contributed by atoms with Gasteiger partial charge in [0.1, 0.15) is 11.9 Å². The van der Waals surface area contributed by atoms with Crippen LogP contribution in [0.25, 0.3) is 0 Å². The number of hydrogen-bond donors (Lipinski definition) is 2. The van der Waals surface area contributed by atoms with Gasteiger partial charge >= 0.3 is 0 Å². The summed E-state index contributed by atoms with van der Waals surface area (Å²) in [5.74, 6) is 0.987. The molecule has 0 saturated heterocycles. The van der Waals surface area contributed by atoms with Gasteiger partial charge in [0.15, 0.2) is 0 Å². The molecule has 0 aliphatic heterocycles. The molecule has 80 valence electrons. The molecule has 5 nitrogen and oxygen atoms in total. The monoisotopic (exact) mass is 205 g/mol. The molecule has 0 bridgehead atoms. The summed E-state index contributed by atoms with van der Waals surface area (Å²) >= 11 is 0. The number of hydrogen-bond acceptors (Lipinski definition) is 3. The third-order valence-electron chi connectivity index (χ3n) is 2.36. The largest absolute Gasteiger partial charge is 0.336 e. The van der Waals surface area contributed by atoms with Gasteiger partial charge in [-0.2, -0.15) is 5.10 Å². The van der Waals surface area contributed by atoms with Crippen LogP contribution in [-0.4, -0.2) is 26.3 Å². The number of rotatable bonds is 4. The Hall–Kier alpha value is -1.62. The summed E-state index contributed by atoms with van der Waals surface area (Å²) in [5.41, 5.74) is 1.03. The summed E-state index contributed by atoms with van der Waals surface area (Å²) in [6.07, 6.45) is 5.49. The van der Waals surface area contributed by atoms with Crippen LogP contribution in [0.1, 0.15) is 24.5 Å². The van der Waals surface area contributed by atoms with Gasteiger partial charge in [0.25, 0.3) is 0 Å². The van der Waals surface area contributed by atoms with E-state index in [0.717, 1.165) is 18.1 Å². The number of imidazole rings is 1. The van der Waals surface area contributed by atoms with E-state index in [1.807, 2.05) is 23.9 Å². The number of aromatic amines is 1. The van der Waals surface area contributed by atoms with Gasteiger partial charge in [-0.25, -0.2) is 4.98 Å². The van der Waals surface area contributed by atoms with E-state index >= 15 is 0 Å². The molecular formula is C10H15N5. The minimum Gasteiger partial charge on any atom is -0.336 e. The van der Waals surface area contributed by atoms with Crippen molar-refractivity contribution in [2.24, 2.45) is 7.05 Å². The predicted octanol–water partition coefficient (Wildman–Crippen LogP) is 0.842. The Bertz CT molecular complexity index is 403. The quantitative estimate of drug-likeness (QED) is 0.777. The van der Waals surface area contributed by atoms with Crippen molar-refractivity contribution < 1.29 is 0 Å². The second-order valence-corrected chi connectivity index (χ2v) is 3.40. The van der Waals surface area contributed by atoms with E-state index in [0.29, 0.717) is 0 Å². The van der Waals surface area contributed by atoms with Crippen LogP contribution < -0.4 is 5.32 Å². The molecule has 5 heteroatoms. The summed E-state index contributed by atoms with van der Waals surface area (Å²) in [6, 6.07) is 2.04. The van der Waals surface area contributed by atoms with E-state index in [-0.39, 0.29) is 6.04 Å². The summed E-state index contributed by atoms with van der Waals surface area (Å²) < 4.78 is 2.01. The Labute approximate surface area is 88.5 Å². The smallest absolute Gasteiger partial charge is 0.131 e. The highest BCUT2D eigenvalue weighted by atomic mass is 15.2. The molecule has 0 fully saturated rings. The van der Waals surface area contributed by atoms with Gasteiger partial charge in [0.2, 0.25) is 0 Å². The molecule has 2 N–H and O–H groups in total. The maximum Gasteiger partial charge on any atom is 0.131 e. The van der Waals surface area contributed by atoms with Gasteiger partial charge in [-0.1, -0.05) is 6.92 Å². The minimum atomic E-state index is 0.0810. The topological polar surface area (TPSA) is 58.5 Å². The Kier molecular flexibility index (Phi) is 2.82. The van der Waals surface area contributed by atoms with Crippen LogP contribution in [0.15, 0.2) is 24.7 Å². The summed E-state index contributed by atoms with van der Waals surface area (Å²) in [5, 5.41) is 10.3. The first-order valence-electron chi connectivity index (χ1n) is 5.02. The van der Waals surface area contributed by atoms with Crippen molar-refractivity contribution in [3.63, 3.8) is 0 Å². The van der Waals surface area contributed by atoms with E-state index in [1.165, 1.54) is 0 Å². The fourth-order valence-corrected chi connectivity index (χ4v) is 1.63. The van der Waals surface area contributed by atoms with Crippen LogP contribution in [-0.2, 0) is 7.05 Å². The van der Waals surface area contributed by atoms with Crippen molar-refractivity contribution in [1.82, 2.24) is 25.1 Å². The van der Waals surface area contributed by atoms with Crippen molar-refractivity contribution in [2.45, 2.75) is 13.0 Å². The van der Waals surface area contributed by atoms with E-state index in [4.69, 9.17) is 0 Å². The van der Waals surface area contributed by atoms with Crippen molar-refractivity contribution in [2.75, 3.05) is 6.54 Å². The molecule has 1 atom stereocenters. The molecule has 2 heterocycles. The molecule has 0 aromatic carbocycles. The Balaban J connectivity index is 2.32. The van der Waals surface area contributed by atoms with Gasteiger partial charge < -0.3 is 9.88 Å². The Morgan fingerprint density at radius 1 is 1.53 bits per heavy atom. The van der Waals surface area contributed by atoms with E-state index in [1.54, 1.807) is 12.4 Å². The average molecular weight is 205 g/mol. The number of aryl methyl sites for hydroxylation is 1. The number of nitrogens with one attached hydrogen (secondary N) is 2. The van der Waals surface area contributed by atoms with Gasteiger partial charge in [-0.05, 0) is 12.6 Å². The molecule has 0 aliphatic rings. The Morgan fingerprint density at radius 3 is 2.93 bits per heavy atom. The van der Waals surface area contributed by atoms with Crippen LogP contribution in [0.2, 0.25) is 0 Å². The van der Waals surface area contributed by atoms with Crippen LogP contribution in [0, 0.1) is 0 Å². The lowest BCUT2D eigenvalue weighted by Gasteiger charge is -2.15. The third kappa shape index (κ3) is 1.92. The number of aromatic nitrogens is 4. The number of H-pyrrole nitrogens is 1. The highest BCUT2D eigenvalue weighted by Crippen LogP contribution is 2.17. The molecule has 0 spiro atoms. The summed E-state index contributed by atoms with van der Waals surface area (Å²) in [7, 11) is 1.99. The molecule has 15 heavy (non-hydrogen) atoms. The molecule has 0 aliphatic carbocycles. The SMILES string of the molecule is CCNC(c1ccn[nH]1)c1nccn1C. The molecule has 2 aromatic heterocycles. The van der Waals surface area contributed by atoms with Gasteiger partial charge in [-0.15, -0.1) is 0 Å². The highest BCUT2D eigenvalue weighted by Gasteiger charge is 2.17. The van der Waals surface area contributed by atoms with Crippen LogP contribution >= 0.6 is 0 Å². The Morgan fingerprint density at radius 2 is 2.40 bits per heavy atom. The molecule has 1 unspecified atom stereocenters. The van der Waals surface area contributed by atoms with Crippen LogP contribution in [0.3, 0.4) is 0 Å². The maximum atomic E-state index is 4.34. The maximum absolute atomic E-state index is 4.34. The summed E-state index contributed by atoms with van der Waals surface area (Å²) in [4.78, 5) is 4.34. The lowest BCUT2D eigenvalue weighted by atomic mass is 10.2. The first-order valence-corrected chi connectivity index (χ1v) is 5.02. The first-order chi connectivity index (χ1) is 7.33. The molecule has 0 radical (unpaired) electrons. The minimum absolute atomic E-state index is 0.0810.